The molecule has 6 nitrogen and oxygen atoms in total. The summed E-state index contributed by atoms with van der Waals surface area (Å²) < 4.78 is 0. The summed E-state index contributed by atoms with van der Waals surface area (Å²) in [5.74, 6) is -0.540. The minimum Gasteiger partial charge on any atom is -0.321 e. The first-order valence-corrected chi connectivity index (χ1v) is 8.06. The summed E-state index contributed by atoms with van der Waals surface area (Å²) >= 11 is 1.35. The van der Waals surface area contributed by atoms with E-state index in [1.807, 2.05) is 13.0 Å². The van der Waals surface area contributed by atoms with Gasteiger partial charge in [0.2, 0.25) is 0 Å². The van der Waals surface area contributed by atoms with Crippen molar-refractivity contribution in [1.82, 2.24) is 9.97 Å². The molecule has 1 aromatic carbocycles. The number of nitrogens with zero attached hydrogens (tertiary/aromatic N) is 2. The normalized spacial score (nSPS) is 10.2. The molecule has 0 aliphatic rings. The van der Waals surface area contributed by atoms with Crippen molar-refractivity contribution in [1.29, 1.82) is 0 Å². The molecule has 24 heavy (non-hydrogen) atoms. The predicted octanol–water partition coefficient (Wildman–Crippen LogP) is 3.35. The fourth-order valence-electron chi connectivity index (χ4n) is 2.02. The van der Waals surface area contributed by atoms with Gasteiger partial charge in [0.15, 0.2) is 5.13 Å². The molecule has 0 spiro atoms. The zero-order valence-electron chi connectivity index (χ0n) is 12.8. The summed E-state index contributed by atoms with van der Waals surface area (Å²) in [5, 5.41) is 7.78. The average Bonchev–Trinajstić information content (AvgIpc) is 3.08. The SMILES string of the molecule is Cc1cccc(C(=O)Nc2ccc(C(=O)Nc3nccs3)cc2)n1. The second kappa shape index (κ2) is 7.01. The van der Waals surface area contributed by atoms with Crippen LogP contribution in [0, 0.1) is 6.92 Å². The lowest BCUT2D eigenvalue weighted by atomic mass is 10.2. The smallest absolute Gasteiger partial charge is 0.274 e. The second-order valence-electron chi connectivity index (χ2n) is 4.99. The number of benzene rings is 1. The summed E-state index contributed by atoms with van der Waals surface area (Å²) in [7, 11) is 0. The van der Waals surface area contributed by atoms with Gasteiger partial charge in [-0.15, -0.1) is 11.3 Å². The fraction of sp³-hybridized carbons (Fsp3) is 0.0588. The zero-order valence-corrected chi connectivity index (χ0v) is 13.6. The monoisotopic (exact) mass is 338 g/mol. The van der Waals surface area contributed by atoms with Crippen molar-refractivity contribution in [3.63, 3.8) is 0 Å². The van der Waals surface area contributed by atoms with Gasteiger partial charge >= 0.3 is 0 Å². The molecule has 0 aliphatic heterocycles. The number of rotatable bonds is 4. The molecule has 0 fully saturated rings. The van der Waals surface area contributed by atoms with Crippen LogP contribution in [0.1, 0.15) is 26.5 Å². The number of hydrogen-bond donors (Lipinski definition) is 2. The molecule has 0 radical (unpaired) electrons. The number of amides is 2. The highest BCUT2D eigenvalue weighted by Gasteiger charge is 2.10. The van der Waals surface area contributed by atoms with Crippen LogP contribution < -0.4 is 10.6 Å². The number of nitrogens with one attached hydrogen (secondary N) is 2. The lowest BCUT2D eigenvalue weighted by Gasteiger charge is -2.06. The van der Waals surface area contributed by atoms with Gasteiger partial charge in [-0.1, -0.05) is 6.07 Å². The first kappa shape index (κ1) is 15.8. The van der Waals surface area contributed by atoms with E-state index in [2.05, 4.69) is 20.6 Å². The Hall–Kier alpha value is -3.06. The van der Waals surface area contributed by atoms with Gasteiger partial charge in [0, 0.05) is 28.5 Å². The second-order valence-corrected chi connectivity index (χ2v) is 5.88. The largest absolute Gasteiger partial charge is 0.321 e. The Bertz CT molecular complexity index is 861. The molecular weight excluding hydrogens is 324 g/mol. The van der Waals surface area contributed by atoms with E-state index in [1.54, 1.807) is 48.0 Å². The Kier molecular flexibility index (Phi) is 4.62. The summed E-state index contributed by atoms with van der Waals surface area (Å²) in [5.41, 5.74) is 2.20. The molecule has 2 N–H and O–H groups in total. The average molecular weight is 338 g/mol. The molecule has 2 amide bonds. The fourth-order valence-corrected chi connectivity index (χ4v) is 2.55. The highest BCUT2D eigenvalue weighted by Crippen LogP contribution is 2.15. The third-order valence-corrected chi connectivity index (χ3v) is 3.87. The van der Waals surface area contributed by atoms with E-state index >= 15 is 0 Å². The van der Waals surface area contributed by atoms with Gasteiger partial charge in [-0.25, -0.2) is 9.97 Å². The highest BCUT2D eigenvalue weighted by molar-refractivity contribution is 7.13. The van der Waals surface area contributed by atoms with Crippen molar-refractivity contribution in [3.8, 4) is 0 Å². The molecule has 7 heteroatoms. The maximum Gasteiger partial charge on any atom is 0.274 e. The summed E-state index contributed by atoms with van der Waals surface area (Å²) in [4.78, 5) is 32.4. The number of thiazole rings is 1. The summed E-state index contributed by atoms with van der Waals surface area (Å²) in [6.07, 6.45) is 1.62. The first-order chi connectivity index (χ1) is 11.6. The zero-order chi connectivity index (χ0) is 16.9. The van der Waals surface area contributed by atoms with Crippen LogP contribution in [-0.4, -0.2) is 21.8 Å². The number of aryl methyl sites for hydroxylation is 1. The van der Waals surface area contributed by atoms with Gasteiger partial charge in [-0.2, -0.15) is 0 Å². The van der Waals surface area contributed by atoms with E-state index in [4.69, 9.17) is 0 Å². The molecule has 3 rings (SSSR count). The number of anilines is 2. The summed E-state index contributed by atoms with van der Waals surface area (Å²) in [6, 6.07) is 11.9. The van der Waals surface area contributed by atoms with Gasteiger partial charge in [0.05, 0.1) is 0 Å². The van der Waals surface area contributed by atoms with Gasteiger partial charge in [-0.3, -0.25) is 14.9 Å². The highest BCUT2D eigenvalue weighted by atomic mass is 32.1. The van der Waals surface area contributed by atoms with Crippen molar-refractivity contribution in [2.45, 2.75) is 6.92 Å². The number of aromatic nitrogens is 2. The molecule has 0 unspecified atom stereocenters. The van der Waals surface area contributed by atoms with E-state index < -0.39 is 0 Å². The summed E-state index contributed by atoms with van der Waals surface area (Å²) in [6.45, 7) is 1.83. The third-order valence-electron chi connectivity index (χ3n) is 3.18. The lowest BCUT2D eigenvalue weighted by molar-refractivity contribution is 0.101. The van der Waals surface area contributed by atoms with Crippen LogP contribution in [0.25, 0.3) is 0 Å². The molecule has 120 valence electrons. The van der Waals surface area contributed by atoms with Crippen LogP contribution in [0.3, 0.4) is 0 Å². The van der Waals surface area contributed by atoms with Gasteiger partial charge < -0.3 is 5.32 Å². The minimum atomic E-state index is -0.293. The molecular formula is C17H14N4O2S. The molecule has 3 aromatic rings. The minimum absolute atomic E-state index is 0.247. The number of pyridine rings is 1. The molecule has 0 bridgehead atoms. The topological polar surface area (TPSA) is 84.0 Å². The maximum absolute atomic E-state index is 12.1. The van der Waals surface area contributed by atoms with Crippen molar-refractivity contribution in [2.75, 3.05) is 10.6 Å². The van der Waals surface area contributed by atoms with Crippen LogP contribution in [0.2, 0.25) is 0 Å². The van der Waals surface area contributed by atoms with E-state index in [-0.39, 0.29) is 11.8 Å². The Morgan fingerprint density at radius 2 is 1.79 bits per heavy atom. The quantitative estimate of drug-likeness (QED) is 0.764. The molecule has 2 aromatic heterocycles. The van der Waals surface area contributed by atoms with Gasteiger partial charge in [-0.05, 0) is 43.3 Å². The van der Waals surface area contributed by atoms with E-state index in [9.17, 15) is 9.59 Å². The Morgan fingerprint density at radius 1 is 1.00 bits per heavy atom. The van der Waals surface area contributed by atoms with Crippen LogP contribution in [0.5, 0.6) is 0 Å². The van der Waals surface area contributed by atoms with Crippen molar-refractivity contribution in [3.05, 3.63) is 71.0 Å². The van der Waals surface area contributed by atoms with Crippen molar-refractivity contribution < 1.29 is 9.59 Å². The van der Waals surface area contributed by atoms with E-state index in [0.29, 0.717) is 22.1 Å². The van der Waals surface area contributed by atoms with Gasteiger partial charge in [0.1, 0.15) is 5.69 Å². The molecule has 0 aliphatic carbocycles. The molecule has 0 saturated carbocycles. The lowest BCUT2D eigenvalue weighted by Crippen LogP contribution is -2.15. The van der Waals surface area contributed by atoms with Crippen molar-refractivity contribution in [2.24, 2.45) is 0 Å². The Labute approximate surface area is 142 Å². The maximum atomic E-state index is 12.1. The van der Waals surface area contributed by atoms with Crippen LogP contribution in [-0.2, 0) is 0 Å². The van der Waals surface area contributed by atoms with Crippen LogP contribution >= 0.6 is 11.3 Å². The third kappa shape index (κ3) is 3.82. The number of carbonyl (C=O) groups excluding carboxylic acids is 2. The van der Waals surface area contributed by atoms with E-state index in [0.717, 1.165) is 5.69 Å². The van der Waals surface area contributed by atoms with Gasteiger partial charge in [0.25, 0.3) is 11.8 Å². The van der Waals surface area contributed by atoms with Crippen LogP contribution in [0.4, 0.5) is 10.8 Å². The first-order valence-electron chi connectivity index (χ1n) is 7.18. The Balaban J connectivity index is 1.66. The molecule has 0 atom stereocenters. The predicted molar refractivity (Wildman–Crippen MR) is 93.4 cm³/mol. The van der Waals surface area contributed by atoms with E-state index in [1.165, 1.54) is 11.3 Å². The van der Waals surface area contributed by atoms with Crippen LogP contribution in [0.15, 0.2) is 54.0 Å². The van der Waals surface area contributed by atoms with Crippen molar-refractivity contribution >= 4 is 34.0 Å². The molecule has 2 heterocycles. The number of hydrogen-bond acceptors (Lipinski definition) is 5. The Morgan fingerprint density at radius 3 is 2.46 bits per heavy atom. The molecule has 0 saturated heterocycles. The standard InChI is InChI=1S/C17H14N4O2S/c1-11-3-2-4-14(19-11)16(23)20-13-7-5-12(6-8-13)15(22)21-17-18-9-10-24-17/h2-10H,1H3,(H,20,23)(H,18,21,22). The number of carbonyl (C=O) groups is 2.